The minimum absolute atomic E-state index is 0.0991. The predicted molar refractivity (Wildman–Crippen MR) is 98.2 cm³/mol. The van der Waals surface area contributed by atoms with Crippen LogP contribution in [0.25, 0.3) is 0 Å². The molecule has 0 aliphatic heterocycles. The third-order valence-electron chi connectivity index (χ3n) is 3.46. The molecule has 27 heavy (non-hydrogen) atoms. The normalized spacial score (nSPS) is 10.8. The van der Waals surface area contributed by atoms with Gasteiger partial charge in [-0.25, -0.2) is 14.4 Å². The molecule has 0 unspecified atom stereocenters. The molecule has 2 aromatic carbocycles. The topological polar surface area (TPSA) is 78.9 Å². The summed E-state index contributed by atoms with van der Waals surface area (Å²) in [4.78, 5) is 35.9. The first-order chi connectivity index (χ1) is 13.1. The van der Waals surface area contributed by atoms with Crippen LogP contribution in [0.5, 0.6) is 0 Å². The quantitative estimate of drug-likeness (QED) is 0.404. The van der Waals surface area contributed by atoms with E-state index in [0.29, 0.717) is 11.1 Å². The number of hydrogen-bond acceptors (Lipinski definition) is 6. The van der Waals surface area contributed by atoms with Gasteiger partial charge in [0.05, 0.1) is 23.3 Å². The van der Waals surface area contributed by atoms with Gasteiger partial charge in [-0.15, -0.1) is 0 Å². The van der Waals surface area contributed by atoms with Crippen LogP contribution < -0.4 is 0 Å². The first-order valence-electron chi connectivity index (χ1n) is 8.42. The van der Waals surface area contributed by atoms with E-state index < -0.39 is 17.9 Å². The molecule has 0 N–H and O–H groups in total. The highest BCUT2D eigenvalue weighted by molar-refractivity contribution is 5.92. The zero-order valence-corrected chi connectivity index (χ0v) is 14.9. The van der Waals surface area contributed by atoms with Crippen molar-refractivity contribution in [3.8, 4) is 0 Å². The van der Waals surface area contributed by atoms with Crippen LogP contribution >= 0.6 is 0 Å². The summed E-state index contributed by atoms with van der Waals surface area (Å²) in [6.07, 6.45) is 1.37. The molecule has 0 fully saturated rings. The van der Waals surface area contributed by atoms with Gasteiger partial charge in [-0.2, -0.15) is 0 Å². The third kappa shape index (κ3) is 6.43. The molecule has 140 valence electrons. The Labute approximate surface area is 157 Å². The van der Waals surface area contributed by atoms with E-state index in [4.69, 9.17) is 14.2 Å². The van der Waals surface area contributed by atoms with Crippen LogP contribution in [0.3, 0.4) is 0 Å². The molecule has 0 aliphatic rings. The monoisotopic (exact) mass is 368 g/mol. The van der Waals surface area contributed by atoms with Crippen LogP contribution in [0.15, 0.2) is 72.3 Å². The maximum atomic E-state index is 12.0. The van der Waals surface area contributed by atoms with Crippen molar-refractivity contribution in [1.82, 2.24) is 0 Å². The van der Waals surface area contributed by atoms with Crippen molar-refractivity contribution in [1.29, 1.82) is 0 Å². The minimum Gasteiger partial charge on any atom is -0.463 e. The molecule has 6 nitrogen and oxygen atoms in total. The van der Waals surface area contributed by atoms with E-state index in [-0.39, 0.29) is 25.4 Å². The van der Waals surface area contributed by atoms with Crippen molar-refractivity contribution in [2.24, 2.45) is 0 Å². The van der Waals surface area contributed by atoms with Crippen LogP contribution in [0.1, 0.15) is 27.6 Å². The summed E-state index contributed by atoms with van der Waals surface area (Å²) in [7, 11) is 0. The zero-order chi connectivity index (χ0) is 19.5. The van der Waals surface area contributed by atoms with E-state index in [1.807, 2.05) is 0 Å². The molecule has 0 spiro atoms. The van der Waals surface area contributed by atoms with Crippen LogP contribution in [-0.4, -0.2) is 37.7 Å². The van der Waals surface area contributed by atoms with Gasteiger partial charge in [0, 0.05) is 0 Å². The minimum atomic E-state index is -0.630. The molecule has 2 rings (SSSR count). The second kappa shape index (κ2) is 10.6. The van der Waals surface area contributed by atoms with Gasteiger partial charge in [-0.1, -0.05) is 36.4 Å². The molecular formula is C21H20O6. The molecule has 0 amide bonds. The smallest absolute Gasteiger partial charge is 0.338 e. The van der Waals surface area contributed by atoms with E-state index in [1.165, 1.54) is 6.08 Å². The standard InChI is InChI=1S/C21H20O6/c1-2-25-21(24)18(15-27-20(23)17-11-7-4-8-12-17)13-14-26-19(22)16-9-5-3-6-10-16/h3-13H,2,14-15H2,1H3. The van der Waals surface area contributed by atoms with Crippen LogP contribution in [0.4, 0.5) is 0 Å². The van der Waals surface area contributed by atoms with Crippen molar-refractivity contribution in [2.45, 2.75) is 6.92 Å². The number of hydrogen-bond donors (Lipinski definition) is 0. The van der Waals surface area contributed by atoms with E-state index >= 15 is 0 Å². The highest BCUT2D eigenvalue weighted by Crippen LogP contribution is 2.07. The summed E-state index contributed by atoms with van der Waals surface area (Å²) in [6.45, 7) is 1.41. The predicted octanol–water partition coefficient (Wildman–Crippen LogP) is 3.19. The first kappa shape index (κ1) is 19.9. The fraction of sp³-hybridized carbons (Fsp3) is 0.190. The van der Waals surface area contributed by atoms with Crippen molar-refractivity contribution in [2.75, 3.05) is 19.8 Å². The van der Waals surface area contributed by atoms with Gasteiger partial charge in [0.15, 0.2) is 0 Å². The molecule has 0 atom stereocenters. The third-order valence-corrected chi connectivity index (χ3v) is 3.46. The molecule has 2 aromatic rings. The van der Waals surface area contributed by atoms with E-state index in [2.05, 4.69) is 0 Å². The number of benzene rings is 2. The largest absolute Gasteiger partial charge is 0.463 e. The lowest BCUT2D eigenvalue weighted by Gasteiger charge is -2.09. The molecule has 0 saturated carbocycles. The van der Waals surface area contributed by atoms with Gasteiger partial charge in [-0.05, 0) is 37.3 Å². The maximum Gasteiger partial charge on any atom is 0.338 e. The van der Waals surface area contributed by atoms with Gasteiger partial charge < -0.3 is 14.2 Å². The Hall–Kier alpha value is -3.41. The fourth-order valence-electron chi connectivity index (χ4n) is 2.10. The van der Waals surface area contributed by atoms with Crippen molar-refractivity contribution in [3.05, 3.63) is 83.4 Å². The van der Waals surface area contributed by atoms with Crippen molar-refractivity contribution < 1.29 is 28.6 Å². The van der Waals surface area contributed by atoms with Crippen LogP contribution in [0.2, 0.25) is 0 Å². The Balaban J connectivity index is 1.96. The maximum absolute atomic E-state index is 12.0. The lowest BCUT2D eigenvalue weighted by atomic mass is 10.2. The van der Waals surface area contributed by atoms with Crippen molar-refractivity contribution in [3.63, 3.8) is 0 Å². The molecule has 0 saturated heterocycles. The number of rotatable bonds is 8. The fourth-order valence-corrected chi connectivity index (χ4v) is 2.10. The second-order valence-corrected chi connectivity index (χ2v) is 5.36. The SMILES string of the molecule is CCOC(=O)C(=CCOC(=O)c1ccccc1)COC(=O)c1ccccc1. The molecule has 0 heterocycles. The van der Waals surface area contributed by atoms with Gasteiger partial charge in [0.25, 0.3) is 0 Å². The summed E-state index contributed by atoms with van der Waals surface area (Å²) in [5.41, 5.74) is 0.872. The molecule has 0 radical (unpaired) electrons. The van der Waals surface area contributed by atoms with Gasteiger partial charge in [0.2, 0.25) is 0 Å². The van der Waals surface area contributed by atoms with E-state index in [9.17, 15) is 14.4 Å². The highest BCUT2D eigenvalue weighted by atomic mass is 16.6. The lowest BCUT2D eigenvalue weighted by molar-refractivity contribution is -0.139. The molecule has 0 aliphatic carbocycles. The Bertz CT molecular complexity index is 796. The Morgan fingerprint density at radius 2 is 1.30 bits per heavy atom. The van der Waals surface area contributed by atoms with Gasteiger partial charge in [0.1, 0.15) is 13.2 Å². The van der Waals surface area contributed by atoms with E-state index in [1.54, 1.807) is 67.6 Å². The second-order valence-electron chi connectivity index (χ2n) is 5.36. The summed E-state index contributed by atoms with van der Waals surface area (Å²) < 4.78 is 15.2. The average molecular weight is 368 g/mol. The molecular weight excluding hydrogens is 348 g/mol. The summed E-state index contributed by atoms with van der Waals surface area (Å²) in [5.74, 6) is -1.71. The summed E-state index contributed by atoms with van der Waals surface area (Å²) in [5, 5.41) is 0. The van der Waals surface area contributed by atoms with E-state index in [0.717, 1.165) is 0 Å². The zero-order valence-electron chi connectivity index (χ0n) is 14.9. The lowest BCUT2D eigenvalue weighted by Crippen LogP contribution is -2.17. The van der Waals surface area contributed by atoms with Gasteiger partial charge in [-0.3, -0.25) is 0 Å². The molecule has 6 heteroatoms. The summed E-state index contributed by atoms with van der Waals surface area (Å²) >= 11 is 0. The summed E-state index contributed by atoms with van der Waals surface area (Å²) in [6, 6.07) is 16.9. The Morgan fingerprint density at radius 3 is 1.81 bits per heavy atom. The molecule has 0 bridgehead atoms. The number of carbonyl (C=O) groups is 3. The Morgan fingerprint density at radius 1 is 0.778 bits per heavy atom. The van der Waals surface area contributed by atoms with Gasteiger partial charge >= 0.3 is 17.9 Å². The average Bonchev–Trinajstić information content (AvgIpc) is 2.71. The number of carbonyl (C=O) groups excluding carboxylic acids is 3. The molecule has 0 aromatic heterocycles. The number of ether oxygens (including phenoxy) is 3. The first-order valence-corrected chi connectivity index (χ1v) is 8.42. The highest BCUT2D eigenvalue weighted by Gasteiger charge is 2.15. The van der Waals surface area contributed by atoms with Crippen molar-refractivity contribution >= 4 is 17.9 Å². The number of esters is 3. The van der Waals surface area contributed by atoms with Crippen LogP contribution in [0, 0.1) is 0 Å². The Kier molecular flexibility index (Phi) is 7.78. The van der Waals surface area contributed by atoms with Crippen LogP contribution in [-0.2, 0) is 19.0 Å².